The Morgan fingerprint density at radius 2 is 0.938 bits per heavy atom. The van der Waals surface area contributed by atoms with Crippen molar-refractivity contribution in [1.82, 2.24) is 50.5 Å². The van der Waals surface area contributed by atoms with Crippen molar-refractivity contribution >= 4 is 39.6 Å². The van der Waals surface area contributed by atoms with Gasteiger partial charge in [0.25, 0.3) is 11.8 Å². The van der Waals surface area contributed by atoms with Gasteiger partial charge < -0.3 is 31.4 Å². The lowest BCUT2D eigenvalue weighted by atomic mass is 9.98. The highest BCUT2D eigenvalue weighted by Crippen LogP contribution is 2.49. The van der Waals surface area contributed by atoms with Gasteiger partial charge in [0.2, 0.25) is 0 Å². The number of carbonyl (C=O) groups is 2. The van der Waals surface area contributed by atoms with Crippen LogP contribution >= 0.6 is 0 Å². The van der Waals surface area contributed by atoms with Crippen molar-refractivity contribution in [1.29, 1.82) is 0 Å². The summed E-state index contributed by atoms with van der Waals surface area (Å²) in [5.41, 5.74) is 20.5. The zero-order valence-corrected chi connectivity index (χ0v) is 33.7. The quantitative estimate of drug-likeness (QED) is 0.0942. The number of anilines is 1. The van der Waals surface area contributed by atoms with Crippen LogP contribution in [-0.4, -0.2) is 56.8 Å². The van der Waals surface area contributed by atoms with Gasteiger partial charge in [-0.3, -0.25) is 29.5 Å². The van der Waals surface area contributed by atoms with Gasteiger partial charge in [0.1, 0.15) is 17.4 Å². The molecule has 64 heavy (non-hydrogen) atoms. The maximum absolute atomic E-state index is 13.1. The highest BCUT2D eigenvalue weighted by Gasteiger charge is 2.34. The Morgan fingerprint density at radius 1 is 0.500 bits per heavy atom. The van der Waals surface area contributed by atoms with Gasteiger partial charge in [0.15, 0.2) is 0 Å². The number of imidazole rings is 2. The molecule has 308 valence electrons. The molecule has 2 amide bonds. The third-order valence-corrected chi connectivity index (χ3v) is 11.7. The van der Waals surface area contributed by atoms with Crippen molar-refractivity contribution in [2.75, 3.05) is 5.73 Å². The molecule has 0 radical (unpaired) electrons. The van der Waals surface area contributed by atoms with Crippen LogP contribution in [0.15, 0.2) is 159 Å². The summed E-state index contributed by atoms with van der Waals surface area (Å²) in [4.78, 5) is 58.5. The van der Waals surface area contributed by atoms with E-state index in [9.17, 15) is 14.7 Å². The molecule has 2 atom stereocenters. The molecule has 12 rings (SSSR count). The predicted molar refractivity (Wildman–Crippen MR) is 243 cm³/mol. The van der Waals surface area contributed by atoms with Crippen LogP contribution in [0.5, 0.6) is 5.75 Å². The topological polar surface area (TPSA) is 213 Å². The lowest BCUT2D eigenvalue weighted by Gasteiger charge is -2.17. The molecule has 2 aliphatic carbocycles. The number of nitrogens with zero attached hydrogens (tertiary/aromatic N) is 6. The zero-order chi connectivity index (χ0) is 43.3. The molecule has 7 N–H and O–H groups in total. The Balaban J connectivity index is 0.000000143. The number of amides is 2. The van der Waals surface area contributed by atoms with Gasteiger partial charge in [0.05, 0.1) is 75.8 Å². The van der Waals surface area contributed by atoms with Crippen LogP contribution in [0.3, 0.4) is 0 Å². The fraction of sp³-hybridized carbons (Fsp3) is 0.0400. The first-order chi connectivity index (χ1) is 31.4. The van der Waals surface area contributed by atoms with E-state index in [1.54, 1.807) is 37.1 Å². The number of nitrogens with one attached hydrogen (secondary N) is 4. The Labute approximate surface area is 364 Å². The van der Waals surface area contributed by atoms with E-state index >= 15 is 0 Å². The summed E-state index contributed by atoms with van der Waals surface area (Å²) in [6, 6.07) is 34.5. The molecule has 14 nitrogen and oxygen atoms in total. The second-order valence-corrected chi connectivity index (χ2v) is 15.3. The molecule has 14 heteroatoms. The third kappa shape index (κ3) is 6.44. The van der Waals surface area contributed by atoms with Crippen molar-refractivity contribution < 1.29 is 14.7 Å². The van der Waals surface area contributed by atoms with Crippen molar-refractivity contribution in [3.05, 3.63) is 192 Å². The van der Waals surface area contributed by atoms with Crippen LogP contribution in [0, 0.1) is 0 Å². The van der Waals surface area contributed by atoms with Gasteiger partial charge in [0, 0.05) is 35.9 Å². The summed E-state index contributed by atoms with van der Waals surface area (Å²) in [5.74, 6) is 0.764. The lowest BCUT2D eigenvalue weighted by Crippen LogP contribution is -2.28. The highest BCUT2D eigenvalue weighted by atomic mass is 16.3. The summed E-state index contributed by atoms with van der Waals surface area (Å²) in [6.07, 6.45) is 12.8. The lowest BCUT2D eigenvalue weighted by molar-refractivity contribution is 0.0934. The molecule has 0 aliphatic heterocycles. The molecule has 2 aliphatic rings. The Morgan fingerprint density at radius 3 is 1.45 bits per heavy atom. The number of nitrogens with two attached hydrogens (primary N) is 1. The summed E-state index contributed by atoms with van der Waals surface area (Å²) in [7, 11) is 0. The molecule has 4 aromatic carbocycles. The van der Waals surface area contributed by atoms with E-state index in [2.05, 4.69) is 52.7 Å². The first-order valence-corrected chi connectivity index (χ1v) is 20.4. The van der Waals surface area contributed by atoms with Crippen molar-refractivity contribution in [3.8, 4) is 50.8 Å². The number of H-pyrrole nitrogens is 2. The number of carbonyl (C=O) groups excluding carboxylic acids is 2. The van der Waals surface area contributed by atoms with Gasteiger partial charge in [-0.15, -0.1) is 0 Å². The van der Waals surface area contributed by atoms with Crippen molar-refractivity contribution in [3.63, 3.8) is 0 Å². The van der Waals surface area contributed by atoms with Crippen LogP contribution in [-0.2, 0) is 0 Å². The average Bonchev–Trinajstić information content (AvgIpc) is 4.11. The van der Waals surface area contributed by atoms with E-state index in [1.807, 2.05) is 84.9 Å². The SMILES string of the molecule is Nc1cnccc1C(=O)NC1c2ccccc2-c2c(-c3nc4ccncc4[nH]3)cccc21.O=C(NC1c2ccccc2-c2c(-c3nc4ccncc4[nH]3)cccc21)c1ccncc1O. The Bertz CT molecular complexity index is 3180. The van der Waals surface area contributed by atoms with E-state index in [0.717, 1.165) is 89.4 Å². The smallest absolute Gasteiger partial charge is 0.255 e. The van der Waals surface area contributed by atoms with Gasteiger partial charge in [-0.25, -0.2) is 9.97 Å². The van der Waals surface area contributed by atoms with Gasteiger partial charge >= 0.3 is 0 Å². The summed E-state index contributed by atoms with van der Waals surface area (Å²) < 4.78 is 0. The molecular formula is C50H35N11O3. The Kier molecular flexibility index (Phi) is 9.16. The maximum Gasteiger partial charge on any atom is 0.255 e. The minimum atomic E-state index is -0.363. The minimum Gasteiger partial charge on any atom is -0.505 e. The summed E-state index contributed by atoms with van der Waals surface area (Å²) in [5, 5.41) is 16.3. The largest absolute Gasteiger partial charge is 0.505 e. The predicted octanol–water partition coefficient (Wildman–Crippen LogP) is 8.33. The van der Waals surface area contributed by atoms with Gasteiger partial charge in [-0.2, -0.15) is 0 Å². The van der Waals surface area contributed by atoms with Gasteiger partial charge in [-0.05, 0) is 68.8 Å². The van der Waals surface area contributed by atoms with Crippen LogP contribution in [0.4, 0.5) is 5.69 Å². The Hall–Kier alpha value is -9.04. The first kappa shape index (κ1) is 37.9. The molecule has 0 saturated carbocycles. The molecule has 0 fully saturated rings. The molecule has 0 spiro atoms. The summed E-state index contributed by atoms with van der Waals surface area (Å²) >= 11 is 0. The van der Waals surface area contributed by atoms with E-state index in [4.69, 9.17) is 15.7 Å². The number of hydrogen-bond donors (Lipinski definition) is 6. The van der Waals surface area contributed by atoms with E-state index in [0.29, 0.717) is 11.3 Å². The number of hydrogen-bond acceptors (Lipinski definition) is 10. The second-order valence-electron chi connectivity index (χ2n) is 15.3. The third-order valence-electron chi connectivity index (χ3n) is 11.7. The van der Waals surface area contributed by atoms with Crippen molar-refractivity contribution in [2.45, 2.75) is 12.1 Å². The average molecular weight is 838 g/mol. The number of benzene rings is 4. The molecule has 6 aromatic heterocycles. The standard InChI is InChI=1S/C25H18N6O.C25H17N5O2/c26-19-12-27-10-8-16(19)25(32)31-23-15-5-2-1-4-14(15)22-17(23)6-3-7-18(22)24-29-20-9-11-28-13-21(20)30-24;31-21-13-27-10-8-16(21)25(32)30-23-15-5-2-1-4-14(15)22-17(23)6-3-7-18(22)24-28-19-9-11-26-12-20(19)29-24/h1-13,23H,26H2,(H,29,30)(H,31,32);1-13,23,31H,(H,28,29)(H,30,32). The maximum atomic E-state index is 13.1. The molecule has 0 saturated heterocycles. The molecular weight excluding hydrogens is 803 g/mol. The van der Waals surface area contributed by atoms with E-state index < -0.39 is 0 Å². The van der Waals surface area contributed by atoms with Crippen LogP contribution in [0.25, 0.3) is 67.1 Å². The number of aromatic amines is 2. The minimum absolute atomic E-state index is 0.152. The summed E-state index contributed by atoms with van der Waals surface area (Å²) in [6.45, 7) is 0. The van der Waals surface area contributed by atoms with Gasteiger partial charge in [-0.1, -0.05) is 84.9 Å². The second kappa shape index (κ2) is 15.5. The first-order valence-electron chi connectivity index (χ1n) is 20.4. The van der Waals surface area contributed by atoms with Crippen molar-refractivity contribution in [2.24, 2.45) is 0 Å². The van der Waals surface area contributed by atoms with E-state index in [1.165, 1.54) is 24.7 Å². The van der Waals surface area contributed by atoms with Crippen LogP contribution in [0.2, 0.25) is 0 Å². The highest BCUT2D eigenvalue weighted by molar-refractivity contribution is 6.01. The monoisotopic (exact) mass is 837 g/mol. The fourth-order valence-corrected chi connectivity index (χ4v) is 8.79. The number of aromatic nitrogens is 8. The number of pyridine rings is 4. The number of fused-ring (bicyclic) bond motifs is 8. The fourth-order valence-electron chi connectivity index (χ4n) is 8.79. The normalized spacial score (nSPS) is 14.2. The molecule has 0 bridgehead atoms. The van der Waals surface area contributed by atoms with Crippen LogP contribution < -0.4 is 16.4 Å². The van der Waals surface area contributed by atoms with Crippen LogP contribution in [0.1, 0.15) is 55.1 Å². The molecule has 10 aromatic rings. The zero-order valence-electron chi connectivity index (χ0n) is 33.7. The number of aromatic hydroxyl groups is 1. The molecule has 6 heterocycles. The number of nitrogen functional groups attached to an aromatic ring is 1. The molecule has 2 unspecified atom stereocenters. The van der Waals surface area contributed by atoms with E-state index in [-0.39, 0.29) is 35.2 Å². The number of rotatable bonds is 6.